The van der Waals surface area contributed by atoms with Crippen molar-refractivity contribution in [1.29, 1.82) is 0 Å². The van der Waals surface area contributed by atoms with Gasteiger partial charge in [0.05, 0.1) is 18.3 Å². The van der Waals surface area contributed by atoms with Gasteiger partial charge in [-0.1, -0.05) is 35.9 Å². The summed E-state index contributed by atoms with van der Waals surface area (Å²) < 4.78 is 0. The highest BCUT2D eigenvalue weighted by Crippen LogP contribution is 2.38. The summed E-state index contributed by atoms with van der Waals surface area (Å²) in [6.45, 7) is 0. The van der Waals surface area contributed by atoms with Gasteiger partial charge in [-0.05, 0) is 18.2 Å². The molecule has 0 spiro atoms. The number of pyridine rings is 1. The van der Waals surface area contributed by atoms with Crippen LogP contribution in [0.5, 0.6) is 0 Å². The molecular formula is C19H14ClN3O3. The zero-order valence-electron chi connectivity index (χ0n) is 13.5. The highest BCUT2D eigenvalue weighted by Gasteiger charge is 2.45. The summed E-state index contributed by atoms with van der Waals surface area (Å²) in [5.41, 5.74) is -0.954. The van der Waals surface area contributed by atoms with Gasteiger partial charge in [0.2, 0.25) is 5.91 Å². The molecule has 130 valence electrons. The molecule has 0 bridgehead atoms. The molecule has 2 heterocycles. The zero-order chi connectivity index (χ0) is 18.3. The Kier molecular flexibility index (Phi) is 3.86. The van der Waals surface area contributed by atoms with Crippen LogP contribution >= 0.6 is 11.6 Å². The molecule has 0 saturated carbocycles. The summed E-state index contributed by atoms with van der Waals surface area (Å²) in [6.07, 6.45) is 2.79. The zero-order valence-corrected chi connectivity index (χ0v) is 14.2. The van der Waals surface area contributed by atoms with E-state index < -0.39 is 23.8 Å². The highest BCUT2D eigenvalue weighted by atomic mass is 35.5. The maximum absolute atomic E-state index is 12.9. The second-order valence-electron chi connectivity index (χ2n) is 6.14. The average Bonchev–Trinajstić information content (AvgIpc) is 2.62. The van der Waals surface area contributed by atoms with Crippen LogP contribution in [0.25, 0.3) is 10.8 Å². The Balaban J connectivity index is 1.76. The van der Waals surface area contributed by atoms with Gasteiger partial charge < -0.3 is 15.7 Å². The molecule has 0 radical (unpaired) electrons. The van der Waals surface area contributed by atoms with Gasteiger partial charge in [0.1, 0.15) is 0 Å². The molecule has 2 aromatic carbocycles. The molecular weight excluding hydrogens is 354 g/mol. The predicted molar refractivity (Wildman–Crippen MR) is 99.0 cm³/mol. The Morgan fingerprint density at radius 2 is 2.04 bits per heavy atom. The van der Waals surface area contributed by atoms with Gasteiger partial charge >= 0.3 is 0 Å². The van der Waals surface area contributed by atoms with Crippen molar-refractivity contribution in [2.75, 3.05) is 10.6 Å². The van der Waals surface area contributed by atoms with Gasteiger partial charge in [-0.15, -0.1) is 0 Å². The minimum absolute atomic E-state index is 0.260. The van der Waals surface area contributed by atoms with E-state index in [0.29, 0.717) is 16.4 Å². The van der Waals surface area contributed by atoms with E-state index in [1.807, 2.05) is 24.3 Å². The van der Waals surface area contributed by atoms with Crippen LogP contribution in [0.4, 0.5) is 11.4 Å². The SMILES string of the molecule is O=C1C[C@@](O)(C(=O)Nc2cncc3ccccc23)c2cc(Cl)ccc2N1. The molecule has 7 heteroatoms. The summed E-state index contributed by atoms with van der Waals surface area (Å²) in [7, 11) is 0. The molecule has 2 amide bonds. The Morgan fingerprint density at radius 1 is 1.23 bits per heavy atom. The number of halogens is 1. The monoisotopic (exact) mass is 367 g/mol. The molecule has 0 unspecified atom stereocenters. The fourth-order valence-electron chi connectivity index (χ4n) is 3.13. The van der Waals surface area contributed by atoms with E-state index in [2.05, 4.69) is 15.6 Å². The first-order valence-corrected chi connectivity index (χ1v) is 8.32. The van der Waals surface area contributed by atoms with Crippen molar-refractivity contribution in [3.05, 3.63) is 65.4 Å². The Morgan fingerprint density at radius 3 is 2.88 bits per heavy atom. The first-order valence-electron chi connectivity index (χ1n) is 7.94. The molecule has 1 aliphatic rings. The normalized spacial score (nSPS) is 18.9. The quantitative estimate of drug-likeness (QED) is 0.649. The number of aliphatic hydroxyl groups is 1. The number of aromatic nitrogens is 1. The molecule has 4 rings (SSSR count). The Bertz CT molecular complexity index is 1050. The van der Waals surface area contributed by atoms with Crippen molar-refractivity contribution in [3.8, 4) is 0 Å². The van der Waals surface area contributed by atoms with Gasteiger partial charge in [0.25, 0.3) is 5.91 Å². The molecule has 0 saturated heterocycles. The number of nitrogens with one attached hydrogen (secondary N) is 2. The highest BCUT2D eigenvalue weighted by molar-refractivity contribution is 6.31. The summed E-state index contributed by atoms with van der Waals surface area (Å²) in [5.74, 6) is -1.16. The molecule has 0 aliphatic carbocycles. The smallest absolute Gasteiger partial charge is 0.261 e. The molecule has 1 aromatic heterocycles. The standard InChI is InChI=1S/C19H14ClN3O3/c20-12-5-6-15-14(7-12)19(26,8-17(24)22-15)18(25)23-16-10-21-9-11-3-1-2-4-13(11)16/h1-7,9-10,26H,8H2,(H,22,24)(H,23,25)/t19-/m0/s1. The number of rotatable bonds is 2. The molecule has 3 aromatic rings. The summed E-state index contributed by atoms with van der Waals surface area (Å²) in [4.78, 5) is 29.1. The van der Waals surface area contributed by atoms with Crippen LogP contribution in [-0.2, 0) is 15.2 Å². The number of hydrogen-bond donors (Lipinski definition) is 3. The van der Waals surface area contributed by atoms with Crippen molar-refractivity contribution in [2.24, 2.45) is 0 Å². The van der Waals surface area contributed by atoms with E-state index in [-0.39, 0.29) is 5.56 Å². The molecule has 0 fully saturated rings. The van der Waals surface area contributed by atoms with E-state index >= 15 is 0 Å². The Labute approximate surface area is 153 Å². The lowest BCUT2D eigenvalue weighted by molar-refractivity contribution is -0.141. The van der Waals surface area contributed by atoms with Crippen LogP contribution in [0.2, 0.25) is 5.02 Å². The number of nitrogens with zero attached hydrogens (tertiary/aromatic N) is 1. The van der Waals surface area contributed by atoms with E-state index in [0.717, 1.165) is 10.8 Å². The third-order valence-corrected chi connectivity index (χ3v) is 4.64. The third kappa shape index (κ3) is 2.69. The van der Waals surface area contributed by atoms with Crippen LogP contribution in [0, 0.1) is 0 Å². The first kappa shape index (κ1) is 16.5. The van der Waals surface area contributed by atoms with Gasteiger partial charge in [-0.25, -0.2) is 0 Å². The largest absolute Gasteiger partial charge is 0.375 e. The summed E-state index contributed by atoms with van der Waals surface area (Å²) in [6, 6.07) is 12.1. The maximum Gasteiger partial charge on any atom is 0.261 e. The van der Waals surface area contributed by atoms with Crippen LogP contribution < -0.4 is 10.6 Å². The number of carbonyl (C=O) groups excluding carboxylic acids is 2. The molecule has 6 nitrogen and oxygen atoms in total. The number of benzene rings is 2. The van der Waals surface area contributed by atoms with Gasteiger partial charge in [0, 0.05) is 33.2 Å². The van der Waals surface area contributed by atoms with Crippen molar-refractivity contribution >= 4 is 45.6 Å². The second-order valence-corrected chi connectivity index (χ2v) is 6.57. The van der Waals surface area contributed by atoms with Crippen LogP contribution in [0.1, 0.15) is 12.0 Å². The summed E-state index contributed by atoms with van der Waals surface area (Å²) in [5, 5.41) is 18.4. The van der Waals surface area contributed by atoms with Gasteiger partial charge in [0.15, 0.2) is 5.60 Å². The lowest BCUT2D eigenvalue weighted by Crippen LogP contribution is -2.46. The lowest BCUT2D eigenvalue weighted by atomic mass is 9.85. The minimum atomic E-state index is -2.03. The molecule has 26 heavy (non-hydrogen) atoms. The number of carbonyl (C=O) groups is 2. The maximum atomic E-state index is 12.9. The molecule has 1 aliphatic heterocycles. The lowest BCUT2D eigenvalue weighted by Gasteiger charge is -2.33. The number of amides is 2. The van der Waals surface area contributed by atoms with E-state index in [9.17, 15) is 14.7 Å². The van der Waals surface area contributed by atoms with Gasteiger partial charge in [-0.3, -0.25) is 14.6 Å². The first-order chi connectivity index (χ1) is 12.5. The number of hydrogen-bond acceptors (Lipinski definition) is 4. The Hall–Kier alpha value is -2.96. The van der Waals surface area contributed by atoms with E-state index in [4.69, 9.17) is 11.6 Å². The number of fused-ring (bicyclic) bond motifs is 2. The van der Waals surface area contributed by atoms with Gasteiger partial charge in [-0.2, -0.15) is 0 Å². The molecule has 1 atom stereocenters. The van der Waals surface area contributed by atoms with Crippen molar-refractivity contribution < 1.29 is 14.7 Å². The average molecular weight is 368 g/mol. The van der Waals surface area contributed by atoms with Crippen LogP contribution in [-0.4, -0.2) is 21.9 Å². The van der Waals surface area contributed by atoms with Crippen molar-refractivity contribution in [1.82, 2.24) is 4.98 Å². The van der Waals surface area contributed by atoms with E-state index in [1.54, 1.807) is 18.3 Å². The fourth-order valence-corrected chi connectivity index (χ4v) is 3.31. The van der Waals surface area contributed by atoms with Crippen molar-refractivity contribution in [3.63, 3.8) is 0 Å². The number of anilines is 2. The second kappa shape index (κ2) is 6.09. The fraction of sp³-hybridized carbons (Fsp3) is 0.105. The summed E-state index contributed by atoms with van der Waals surface area (Å²) >= 11 is 6.02. The van der Waals surface area contributed by atoms with Crippen LogP contribution in [0.3, 0.4) is 0 Å². The third-order valence-electron chi connectivity index (χ3n) is 4.41. The molecule has 3 N–H and O–H groups in total. The minimum Gasteiger partial charge on any atom is -0.375 e. The van der Waals surface area contributed by atoms with Crippen molar-refractivity contribution in [2.45, 2.75) is 12.0 Å². The predicted octanol–water partition coefficient (Wildman–Crippen LogP) is 3.06. The topological polar surface area (TPSA) is 91.3 Å². The van der Waals surface area contributed by atoms with Crippen LogP contribution in [0.15, 0.2) is 54.9 Å². The van der Waals surface area contributed by atoms with E-state index in [1.165, 1.54) is 12.3 Å².